The minimum atomic E-state index is -0.694. The maximum Gasteiger partial charge on any atom is 0.408 e. The van der Waals surface area contributed by atoms with Crippen LogP contribution in [-0.2, 0) is 16.8 Å². The molecule has 1 aliphatic heterocycles. The Morgan fingerprint density at radius 2 is 2.11 bits per heavy atom. The quantitative estimate of drug-likeness (QED) is 0.836. The van der Waals surface area contributed by atoms with Crippen molar-refractivity contribution in [1.82, 2.24) is 5.32 Å². The smallest absolute Gasteiger partial charge is 0.408 e. The summed E-state index contributed by atoms with van der Waals surface area (Å²) in [5.41, 5.74) is 7.34. The first-order valence-corrected chi connectivity index (χ1v) is 6.46. The van der Waals surface area contributed by atoms with E-state index in [1.54, 1.807) is 0 Å². The van der Waals surface area contributed by atoms with E-state index >= 15 is 0 Å². The number of unbranched alkanes of at least 4 members (excludes halogenated alkanes) is 1. The molecule has 0 aromatic heterocycles. The molecule has 0 saturated carbocycles. The molecule has 0 bridgehead atoms. The summed E-state index contributed by atoms with van der Waals surface area (Å²) in [7, 11) is 0. The number of rotatable bonds is 5. The fraction of sp³-hybridized carbons (Fsp3) is 0.500. The Morgan fingerprint density at radius 1 is 1.39 bits per heavy atom. The Morgan fingerprint density at radius 3 is 2.61 bits per heavy atom. The van der Waals surface area contributed by atoms with Crippen LogP contribution >= 0.6 is 0 Å². The van der Waals surface area contributed by atoms with Gasteiger partial charge in [-0.1, -0.05) is 37.6 Å². The number of cyclic esters (lactones) is 1. The second-order valence-electron chi connectivity index (χ2n) is 4.74. The first kappa shape index (κ1) is 12.9. The SMILES string of the molecule is CCCCc1ccc(C2(CN)CNC(=O)O2)cc1. The summed E-state index contributed by atoms with van der Waals surface area (Å²) < 4.78 is 5.33. The number of carbonyl (C=O) groups excluding carboxylic acids is 1. The van der Waals surface area contributed by atoms with Crippen LogP contribution in [0.1, 0.15) is 30.9 Å². The molecule has 1 heterocycles. The number of ether oxygens (including phenoxy) is 1. The van der Waals surface area contributed by atoms with E-state index in [-0.39, 0.29) is 0 Å². The number of hydrogen-bond acceptors (Lipinski definition) is 3. The Balaban J connectivity index is 2.15. The highest BCUT2D eigenvalue weighted by Crippen LogP contribution is 2.28. The van der Waals surface area contributed by atoms with Crippen molar-refractivity contribution in [3.63, 3.8) is 0 Å². The molecule has 4 heteroatoms. The molecule has 1 aromatic carbocycles. The maximum absolute atomic E-state index is 11.2. The van der Waals surface area contributed by atoms with Crippen LogP contribution in [0.5, 0.6) is 0 Å². The van der Waals surface area contributed by atoms with Crippen molar-refractivity contribution in [1.29, 1.82) is 0 Å². The lowest BCUT2D eigenvalue weighted by molar-refractivity contribution is 0.0617. The molecule has 1 aliphatic rings. The first-order chi connectivity index (χ1) is 8.70. The van der Waals surface area contributed by atoms with E-state index in [1.165, 1.54) is 18.4 Å². The van der Waals surface area contributed by atoms with Gasteiger partial charge in [-0.05, 0) is 24.0 Å². The number of aryl methyl sites for hydroxylation is 1. The lowest BCUT2D eigenvalue weighted by Crippen LogP contribution is -2.38. The van der Waals surface area contributed by atoms with Crippen LogP contribution in [-0.4, -0.2) is 19.2 Å². The molecule has 1 saturated heterocycles. The Labute approximate surface area is 108 Å². The van der Waals surface area contributed by atoms with Crippen LogP contribution in [0, 0.1) is 0 Å². The maximum atomic E-state index is 11.2. The van der Waals surface area contributed by atoms with Gasteiger partial charge >= 0.3 is 6.09 Å². The number of hydrogen-bond donors (Lipinski definition) is 2. The normalized spacial score (nSPS) is 22.7. The van der Waals surface area contributed by atoms with Crippen molar-refractivity contribution < 1.29 is 9.53 Å². The third-order valence-corrected chi connectivity index (χ3v) is 3.44. The largest absolute Gasteiger partial charge is 0.435 e. The molecule has 0 aliphatic carbocycles. The molecule has 0 spiro atoms. The van der Waals surface area contributed by atoms with Crippen molar-refractivity contribution in [2.75, 3.05) is 13.1 Å². The third kappa shape index (κ3) is 2.48. The summed E-state index contributed by atoms with van der Waals surface area (Å²) in [5.74, 6) is 0. The summed E-state index contributed by atoms with van der Waals surface area (Å²) in [6.45, 7) is 2.91. The van der Waals surface area contributed by atoms with Gasteiger partial charge in [-0.25, -0.2) is 4.79 Å². The van der Waals surface area contributed by atoms with Crippen LogP contribution in [0.15, 0.2) is 24.3 Å². The Bertz CT molecular complexity index is 416. The van der Waals surface area contributed by atoms with Crippen LogP contribution in [0.3, 0.4) is 0 Å². The number of nitrogens with two attached hydrogens (primary N) is 1. The monoisotopic (exact) mass is 248 g/mol. The highest BCUT2D eigenvalue weighted by molar-refractivity contribution is 5.70. The molecule has 1 unspecified atom stereocenters. The lowest BCUT2D eigenvalue weighted by atomic mass is 9.92. The Kier molecular flexibility index (Phi) is 3.87. The lowest BCUT2D eigenvalue weighted by Gasteiger charge is -2.25. The molecule has 0 radical (unpaired) electrons. The zero-order valence-electron chi connectivity index (χ0n) is 10.7. The highest BCUT2D eigenvalue weighted by atomic mass is 16.6. The van der Waals surface area contributed by atoms with Gasteiger partial charge in [0.1, 0.15) is 0 Å². The van der Waals surface area contributed by atoms with E-state index in [0.717, 1.165) is 12.0 Å². The number of carbonyl (C=O) groups is 1. The second-order valence-corrected chi connectivity index (χ2v) is 4.74. The minimum Gasteiger partial charge on any atom is -0.435 e. The molecule has 1 fully saturated rings. The number of benzene rings is 1. The van der Waals surface area contributed by atoms with Gasteiger partial charge in [0, 0.05) is 6.54 Å². The Hall–Kier alpha value is -1.55. The standard InChI is InChI=1S/C14H20N2O2/c1-2-3-4-11-5-7-12(8-6-11)14(9-15)10-16-13(17)18-14/h5-8H,2-4,9-10,15H2,1H3,(H,16,17). The van der Waals surface area contributed by atoms with E-state index in [9.17, 15) is 4.79 Å². The fourth-order valence-corrected chi connectivity index (χ4v) is 2.21. The first-order valence-electron chi connectivity index (χ1n) is 6.46. The van der Waals surface area contributed by atoms with E-state index in [4.69, 9.17) is 10.5 Å². The zero-order valence-corrected chi connectivity index (χ0v) is 10.7. The van der Waals surface area contributed by atoms with E-state index < -0.39 is 11.7 Å². The predicted octanol–water partition coefficient (Wildman–Crippen LogP) is 1.92. The van der Waals surface area contributed by atoms with E-state index in [0.29, 0.717) is 13.1 Å². The summed E-state index contributed by atoms with van der Waals surface area (Å²) >= 11 is 0. The van der Waals surface area contributed by atoms with Crippen molar-refractivity contribution in [2.45, 2.75) is 31.8 Å². The molecule has 1 atom stereocenters. The van der Waals surface area contributed by atoms with Crippen LogP contribution < -0.4 is 11.1 Å². The van der Waals surface area contributed by atoms with Crippen LogP contribution in [0.2, 0.25) is 0 Å². The molecular weight excluding hydrogens is 228 g/mol. The molecule has 18 heavy (non-hydrogen) atoms. The average Bonchev–Trinajstić information content (AvgIpc) is 2.80. The van der Waals surface area contributed by atoms with Crippen molar-refractivity contribution in [3.8, 4) is 0 Å². The summed E-state index contributed by atoms with van der Waals surface area (Å²) in [6.07, 6.45) is 3.08. The van der Waals surface area contributed by atoms with Crippen LogP contribution in [0.4, 0.5) is 4.79 Å². The van der Waals surface area contributed by atoms with E-state index in [1.807, 2.05) is 12.1 Å². The zero-order chi connectivity index (χ0) is 13.0. The molecule has 98 valence electrons. The summed E-state index contributed by atoms with van der Waals surface area (Å²) in [5, 5.41) is 2.67. The van der Waals surface area contributed by atoms with Crippen LogP contribution in [0.25, 0.3) is 0 Å². The van der Waals surface area contributed by atoms with Gasteiger partial charge in [-0.3, -0.25) is 0 Å². The second kappa shape index (κ2) is 5.40. The van der Waals surface area contributed by atoms with Gasteiger partial charge in [0.2, 0.25) is 0 Å². The van der Waals surface area contributed by atoms with Gasteiger partial charge in [-0.15, -0.1) is 0 Å². The molecule has 3 N–H and O–H groups in total. The van der Waals surface area contributed by atoms with Crippen molar-refractivity contribution >= 4 is 6.09 Å². The van der Waals surface area contributed by atoms with Crippen molar-refractivity contribution in [3.05, 3.63) is 35.4 Å². The molecule has 1 amide bonds. The molecule has 2 rings (SSSR count). The average molecular weight is 248 g/mol. The number of nitrogens with one attached hydrogen (secondary N) is 1. The van der Waals surface area contributed by atoms with Gasteiger partial charge in [0.25, 0.3) is 0 Å². The summed E-state index contributed by atoms with van der Waals surface area (Å²) in [6, 6.07) is 8.21. The predicted molar refractivity (Wildman–Crippen MR) is 70.3 cm³/mol. The van der Waals surface area contributed by atoms with Gasteiger partial charge in [0.05, 0.1) is 6.54 Å². The summed E-state index contributed by atoms with van der Waals surface area (Å²) in [4.78, 5) is 11.2. The topological polar surface area (TPSA) is 64.3 Å². The number of alkyl carbamates (subject to hydrolysis) is 1. The van der Waals surface area contributed by atoms with Crippen molar-refractivity contribution in [2.24, 2.45) is 5.73 Å². The minimum absolute atomic E-state index is 0.292. The van der Waals surface area contributed by atoms with Gasteiger partial charge in [-0.2, -0.15) is 0 Å². The number of amides is 1. The van der Waals surface area contributed by atoms with Gasteiger partial charge in [0.15, 0.2) is 5.60 Å². The third-order valence-electron chi connectivity index (χ3n) is 3.44. The molecular formula is C14H20N2O2. The molecule has 1 aromatic rings. The highest BCUT2D eigenvalue weighted by Gasteiger charge is 2.40. The van der Waals surface area contributed by atoms with Gasteiger partial charge < -0.3 is 15.8 Å². The fourth-order valence-electron chi connectivity index (χ4n) is 2.21. The molecule has 4 nitrogen and oxygen atoms in total. The van der Waals surface area contributed by atoms with E-state index in [2.05, 4.69) is 24.4 Å².